The molecule has 0 N–H and O–H groups in total. The molecular weight excluding hydrogens is 128 g/mol. The van der Waals surface area contributed by atoms with Crippen LogP contribution in [0.15, 0.2) is 0 Å². The summed E-state index contributed by atoms with van der Waals surface area (Å²) in [5.74, 6) is 0.596. The molecule has 1 aliphatic carbocycles. The quantitative estimate of drug-likeness (QED) is 0.476. The molecule has 1 aliphatic heterocycles. The lowest BCUT2D eigenvalue weighted by Crippen LogP contribution is -2.19. The number of carbonyl (C=O) groups is 1. The van der Waals surface area contributed by atoms with Gasteiger partial charge in [-0.25, -0.2) is 0 Å². The lowest BCUT2D eigenvalue weighted by molar-refractivity contribution is -0.141. The fraction of sp³-hybridized carbons (Fsp3) is 0.875. The van der Waals surface area contributed by atoms with Gasteiger partial charge in [-0.2, -0.15) is 0 Å². The van der Waals surface area contributed by atoms with Gasteiger partial charge in [0.2, 0.25) is 0 Å². The molecule has 2 nitrogen and oxygen atoms in total. The maximum absolute atomic E-state index is 10.8. The van der Waals surface area contributed by atoms with Crippen LogP contribution in [-0.2, 0) is 9.53 Å². The van der Waals surface area contributed by atoms with Crippen LogP contribution in [0.3, 0.4) is 0 Å². The molecule has 2 fully saturated rings. The van der Waals surface area contributed by atoms with E-state index in [-0.39, 0.29) is 5.97 Å². The second kappa shape index (κ2) is 2.26. The monoisotopic (exact) mass is 140 g/mol. The summed E-state index contributed by atoms with van der Waals surface area (Å²) in [6, 6.07) is 0. The topological polar surface area (TPSA) is 26.3 Å². The molecule has 2 heteroatoms. The van der Waals surface area contributed by atoms with Crippen LogP contribution >= 0.6 is 0 Å². The Morgan fingerprint density at radius 2 is 2.10 bits per heavy atom. The third kappa shape index (κ3) is 0.917. The van der Waals surface area contributed by atoms with E-state index in [9.17, 15) is 4.79 Å². The van der Waals surface area contributed by atoms with Gasteiger partial charge >= 0.3 is 5.97 Å². The Morgan fingerprint density at radius 3 is 2.90 bits per heavy atom. The Kier molecular flexibility index (Phi) is 1.40. The molecule has 0 radical (unpaired) electrons. The lowest BCUT2D eigenvalue weighted by atomic mass is 9.86. The highest BCUT2D eigenvalue weighted by atomic mass is 16.5. The van der Waals surface area contributed by atoms with Crippen molar-refractivity contribution in [1.82, 2.24) is 0 Å². The first kappa shape index (κ1) is 6.20. The van der Waals surface area contributed by atoms with E-state index in [2.05, 4.69) is 0 Å². The maximum Gasteiger partial charge on any atom is 0.306 e. The maximum atomic E-state index is 10.8. The van der Waals surface area contributed by atoms with E-state index in [1.54, 1.807) is 0 Å². The molecule has 0 aromatic heterocycles. The Hall–Kier alpha value is -0.530. The van der Waals surface area contributed by atoms with Gasteiger partial charge in [0, 0.05) is 5.92 Å². The zero-order valence-electron chi connectivity index (χ0n) is 6.01. The van der Waals surface area contributed by atoms with Crippen LogP contribution in [-0.4, -0.2) is 12.1 Å². The molecule has 10 heavy (non-hydrogen) atoms. The molecule has 1 heterocycles. The summed E-state index contributed by atoms with van der Waals surface area (Å²) in [4.78, 5) is 10.8. The van der Waals surface area contributed by atoms with E-state index in [0.29, 0.717) is 18.4 Å². The highest BCUT2D eigenvalue weighted by Crippen LogP contribution is 2.34. The van der Waals surface area contributed by atoms with Crippen molar-refractivity contribution in [2.75, 3.05) is 0 Å². The van der Waals surface area contributed by atoms with E-state index in [0.717, 1.165) is 6.42 Å². The molecule has 1 unspecified atom stereocenters. The van der Waals surface area contributed by atoms with Gasteiger partial charge in [0.25, 0.3) is 0 Å². The fourth-order valence-electron chi connectivity index (χ4n) is 1.99. The number of hydrogen-bond donors (Lipinski definition) is 0. The lowest BCUT2D eigenvalue weighted by Gasteiger charge is -2.21. The average Bonchev–Trinajstić information content (AvgIpc) is 2.27. The largest absolute Gasteiger partial charge is 0.462 e. The third-order valence-electron chi connectivity index (χ3n) is 2.55. The van der Waals surface area contributed by atoms with Gasteiger partial charge < -0.3 is 4.74 Å². The predicted molar refractivity (Wildman–Crippen MR) is 36.5 cm³/mol. The van der Waals surface area contributed by atoms with Crippen LogP contribution in [0.5, 0.6) is 0 Å². The van der Waals surface area contributed by atoms with E-state index >= 15 is 0 Å². The standard InChI is InChI=1S/C8H12O2/c9-8-5-6-3-1-2-4-7(6)10-8/h6-7H,1-5H2/t6?,7-/m0/s1. The Bertz CT molecular complexity index is 137. The highest BCUT2D eigenvalue weighted by Gasteiger charge is 2.35. The summed E-state index contributed by atoms with van der Waals surface area (Å²) in [5.41, 5.74) is 0. The van der Waals surface area contributed by atoms with Gasteiger partial charge in [0.1, 0.15) is 6.10 Å². The average molecular weight is 140 g/mol. The minimum atomic E-state index is 0.0249. The number of fused-ring (bicyclic) bond motifs is 1. The minimum Gasteiger partial charge on any atom is -0.462 e. The van der Waals surface area contributed by atoms with Crippen LogP contribution in [0.1, 0.15) is 32.1 Å². The predicted octanol–water partition coefficient (Wildman–Crippen LogP) is 1.49. The molecular formula is C8H12O2. The zero-order chi connectivity index (χ0) is 6.97. The zero-order valence-corrected chi connectivity index (χ0v) is 6.01. The molecule has 2 atom stereocenters. The SMILES string of the molecule is O=C1CC2CCCC[C@@H]2O1. The molecule has 0 aromatic rings. The van der Waals surface area contributed by atoms with Crippen molar-refractivity contribution in [2.24, 2.45) is 5.92 Å². The minimum absolute atomic E-state index is 0.0249. The molecule has 0 aromatic carbocycles. The van der Waals surface area contributed by atoms with Gasteiger partial charge in [0.05, 0.1) is 6.42 Å². The fourth-order valence-corrected chi connectivity index (χ4v) is 1.99. The third-order valence-corrected chi connectivity index (χ3v) is 2.55. The molecule has 56 valence electrons. The molecule has 1 saturated heterocycles. The molecule has 2 aliphatic rings. The summed E-state index contributed by atoms with van der Waals surface area (Å²) in [6.07, 6.45) is 5.82. The van der Waals surface area contributed by atoms with Crippen molar-refractivity contribution in [2.45, 2.75) is 38.2 Å². The van der Waals surface area contributed by atoms with Crippen molar-refractivity contribution in [3.8, 4) is 0 Å². The van der Waals surface area contributed by atoms with Crippen LogP contribution in [0.4, 0.5) is 0 Å². The van der Waals surface area contributed by atoms with E-state index in [4.69, 9.17) is 4.74 Å². The summed E-state index contributed by atoms with van der Waals surface area (Å²) in [5, 5.41) is 0. The summed E-state index contributed by atoms with van der Waals surface area (Å²) in [6.45, 7) is 0. The van der Waals surface area contributed by atoms with Gasteiger partial charge in [-0.1, -0.05) is 6.42 Å². The van der Waals surface area contributed by atoms with Gasteiger partial charge in [-0.05, 0) is 19.3 Å². The number of rotatable bonds is 0. The van der Waals surface area contributed by atoms with Crippen molar-refractivity contribution < 1.29 is 9.53 Å². The van der Waals surface area contributed by atoms with Gasteiger partial charge in [-0.15, -0.1) is 0 Å². The number of ether oxygens (including phenoxy) is 1. The van der Waals surface area contributed by atoms with Crippen LogP contribution < -0.4 is 0 Å². The normalized spacial score (nSPS) is 39.0. The summed E-state index contributed by atoms with van der Waals surface area (Å²) in [7, 11) is 0. The van der Waals surface area contributed by atoms with Crippen LogP contribution in [0, 0.1) is 5.92 Å². The van der Waals surface area contributed by atoms with Crippen molar-refractivity contribution in [3.05, 3.63) is 0 Å². The van der Waals surface area contributed by atoms with Gasteiger partial charge in [-0.3, -0.25) is 4.79 Å². The number of esters is 1. The van der Waals surface area contributed by atoms with E-state index in [1.165, 1.54) is 19.3 Å². The highest BCUT2D eigenvalue weighted by molar-refractivity contribution is 5.72. The van der Waals surface area contributed by atoms with E-state index in [1.807, 2.05) is 0 Å². The molecule has 0 amide bonds. The molecule has 0 spiro atoms. The number of carbonyl (C=O) groups excluding carboxylic acids is 1. The second-order valence-electron chi connectivity index (χ2n) is 3.28. The van der Waals surface area contributed by atoms with Crippen molar-refractivity contribution >= 4 is 5.97 Å². The first-order chi connectivity index (χ1) is 4.86. The Labute approximate surface area is 60.6 Å². The van der Waals surface area contributed by atoms with Crippen LogP contribution in [0.25, 0.3) is 0 Å². The van der Waals surface area contributed by atoms with Crippen LogP contribution in [0.2, 0.25) is 0 Å². The summed E-state index contributed by atoms with van der Waals surface area (Å²) >= 11 is 0. The van der Waals surface area contributed by atoms with Gasteiger partial charge in [0.15, 0.2) is 0 Å². The molecule has 0 bridgehead atoms. The van der Waals surface area contributed by atoms with Crippen molar-refractivity contribution in [1.29, 1.82) is 0 Å². The first-order valence-corrected chi connectivity index (χ1v) is 4.06. The van der Waals surface area contributed by atoms with Crippen molar-refractivity contribution in [3.63, 3.8) is 0 Å². The van der Waals surface area contributed by atoms with E-state index < -0.39 is 0 Å². The first-order valence-electron chi connectivity index (χ1n) is 4.06. The summed E-state index contributed by atoms with van der Waals surface area (Å²) < 4.78 is 5.13. The number of hydrogen-bond acceptors (Lipinski definition) is 2. The second-order valence-corrected chi connectivity index (χ2v) is 3.28. The molecule has 2 rings (SSSR count). The molecule has 1 saturated carbocycles. The Morgan fingerprint density at radius 1 is 1.30 bits per heavy atom. The Balaban J connectivity index is 2.04. The smallest absolute Gasteiger partial charge is 0.306 e.